The summed E-state index contributed by atoms with van der Waals surface area (Å²) in [6, 6.07) is -4.36. The van der Waals surface area contributed by atoms with Crippen molar-refractivity contribution in [3.05, 3.63) is 0 Å². The Balaban J connectivity index is 2.87. The van der Waals surface area contributed by atoms with Crippen molar-refractivity contribution in [2.75, 3.05) is 13.1 Å². The number of carbonyl (C=O) groups excluding carboxylic acids is 4. The van der Waals surface area contributed by atoms with Gasteiger partial charge in [-0.25, -0.2) is 4.79 Å². The van der Waals surface area contributed by atoms with Gasteiger partial charge >= 0.3 is 5.97 Å². The summed E-state index contributed by atoms with van der Waals surface area (Å²) in [6.07, 6.45) is 0.698. The molecule has 32 heavy (non-hydrogen) atoms. The number of nitrogens with one attached hydrogen (secondary N) is 2. The Kier molecular flexibility index (Phi) is 10.3. The van der Waals surface area contributed by atoms with Gasteiger partial charge in [-0.2, -0.15) is 0 Å². The highest BCUT2D eigenvalue weighted by Crippen LogP contribution is 2.20. The quantitative estimate of drug-likeness (QED) is 0.0865. The maximum atomic E-state index is 13.0. The van der Waals surface area contributed by atoms with Crippen LogP contribution in [-0.2, 0) is 24.0 Å². The second-order valence-corrected chi connectivity index (χ2v) is 7.56. The maximum Gasteiger partial charge on any atom is 0.326 e. The van der Waals surface area contributed by atoms with E-state index in [1.807, 2.05) is 0 Å². The van der Waals surface area contributed by atoms with Gasteiger partial charge in [0.05, 0.1) is 12.5 Å². The van der Waals surface area contributed by atoms with Gasteiger partial charge in [0.2, 0.25) is 23.6 Å². The normalized spacial score (nSPS) is 18.2. The first-order valence-corrected chi connectivity index (χ1v) is 10.2. The maximum absolute atomic E-state index is 13.0. The zero-order valence-corrected chi connectivity index (χ0v) is 18.0. The summed E-state index contributed by atoms with van der Waals surface area (Å²) in [5.74, 6) is -4.16. The van der Waals surface area contributed by atoms with Crippen molar-refractivity contribution < 1.29 is 29.1 Å². The SMILES string of the molecule is CC(N)C(=O)NC(CC(N)=O)C(=O)N1CCCC1C(=O)NC(CCCN=C(N)N)C(=O)O. The topological polar surface area (TPSA) is 249 Å². The van der Waals surface area contributed by atoms with Gasteiger partial charge in [-0.05, 0) is 32.6 Å². The Morgan fingerprint density at radius 2 is 1.78 bits per heavy atom. The Morgan fingerprint density at radius 3 is 2.31 bits per heavy atom. The number of primary amides is 1. The van der Waals surface area contributed by atoms with Crippen molar-refractivity contribution in [1.29, 1.82) is 0 Å². The van der Waals surface area contributed by atoms with Gasteiger partial charge in [0.25, 0.3) is 0 Å². The van der Waals surface area contributed by atoms with Gasteiger partial charge < -0.3 is 43.6 Å². The molecule has 1 saturated heterocycles. The number of carbonyl (C=O) groups is 5. The first-order valence-electron chi connectivity index (χ1n) is 10.2. The molecule has 0 bridgehead atoms. The van der Waals surface area contributed by atoms with Crippen molar-refractivity contribution in [3.8, 4) is 0 Å². The molecule has 1 heterocycles. The fraction of sp³-hybridized carbons (Fsp3) is 0.667. The van der Waals surface area contributed by atoms with Gasteiger partial charge in [0.15, 0.2) is 5.96 Å². The number of nitrogens with two attached hydrogens (primary N) is 4. The van der Waals surface area contributed by atoms with E-state index in [2.05, 4.69) is 15.6 Å². The molecule has 0 aliphatic carbocycles. The van der Waals surface area contributed by atoms with E-state index in [1.165, 1.54) is 11.8 Å². The van der Waals surface area contributed by atoms with Crippen molar-refractivity contribution >= 4 is 35.6 Å². The van der Waals surface area contributed by atoms with Gasteiger partial charge in [-0.15, -0.1) is 0 Å². The molecule has 0 aromatic rings. The molecule has 180 valence electrons. The van der Waals surface area contributed by atoms with E-state index in [9.17, 15) is 29.1 Å². The number of likely N-dealkylation sites (tertiary alicyclic amines) is 1. The van der Waals surface area contributed by atoms with Crippen molar-refractivity contribution in [3.63, 3.8) is 0 Å². The Morgan fingerprint density at radius 1 is 1.12 bits per heavy atom. The van der Waals surface area contributed by atoms with Crippen LogP contribution in [0.1, 0.15) is 39.0 Å². The van der Waals surface area contributed by atoms with E-state index >= 15 is 0 Å². The number of hydrogen-bond donors (Lipinski definition) is 7. The van der Waals surface area contributed by atoms with E-state index < -0.39 is 60.2 Å². The number of nitrogens with zero attached hydrogens (tertiary/aromatic N) is 2. The van der Waals surface area contributed by atoms with Crippen LogP contribution in [-0.4, -0.2) is 82.8 Å². The summed E-state index contributed by atoms with van der Waals surface area (Å²) in [4.78, 5) is 65.5. The summed E-state index contributed by atoms with van der Waals surface area (Å²) in [7, 11) is 0. The van der Waals surface area contributed by atoms with Gasteiger partial charge in [0.1, 0.15) is 18.1 Å². The Bertz CT molecular complexity index is 752. The second kappa shape index (κ2) is 12.4. The minimum absolute atomic E-state index is 0.0767. The lowest BCUT2D eigenvalue weighted by atomic mass is 10.1. The number of amides is 4. The predicted octanol–water partition coefficient (Wildman–Crippen LogP) is -3.69. The number of hydrogen-bond acceptors (Lipinski definition) is 7. The monoisotopic (exact) mass is 456 g/mol. The van der Waals surface area contributed by atoms with E-state index in [1.54, 1.807) is 0 Å². The lowest BCUT2D eigenvalue weighted by Crippen LogP contribution is -2.57. The Hall–Kier alpha value is -3.42. The van der Waals surface area contributed by atoms with Crippen LogP contribution < -0.4 is 33.6 Å². The van der Waals surface area contributed by atoms with E-state index in [-0.39, 0.29) is 25.5 Å². The first kappa shape index (κ1) is 26.6. The van der Waals surface area contributed by atoms with Crippen LogP contribution >= 0.6 is 0 Å². The molecule has 0 spiro atoms. The van der Waals surface area contributed by atoms with E-state index in [4.69, 9.17) is 22.9 Å². The summed E-state index contributed by atoms with van der Waals surface area (Å²) >= 11 is 0. The molecule has 14 heteroatoms. The molecule has 0 aromatic heterocycles. The molecular weight excluding hydrogens is 424 g/mol. The molecule has 1 aliphatic rings. The number of aliphatic carboxylic acids is 1. The van der Waals surface area contributed by atoms with Gasteiger partial charge in [-0.3, -0.25) is 24.2 Å². The number of aliphatic imine (C=N–C) groups is 1. The molecule has 0 aromatic carbocycles. The minimum Gasteiger partial charge on any atom is -0.480 e. The van der Waals surface area contributed by atoms with E-state index in [0.717, 1.165) is 0 Å². The number of carboxylic acids is 1. The third kappa shape index (κ3) is 8.37. The van der Waals surface area contributed by atoms with Gasteiger partial charge in [0, 0.05) is 13.1 Å². The highest BCUT2D eigenvalue weighted by molar-refractivity contribution is 5.96. The molecule has 0 saturated carbocycles. The molecule has 4 unspecified atom stereocenters. The molecule has 1 fully saturated rings. The van der Waals surface area contributed by atoms with Crippen LogP contribution in [0.25, 0.3) is 0 Å². The zero-order valence-electron chi connectivity index (χ0n) is 18.0. The smallest absolute Gasteiger partial charge is 0.326 e. The molecule has 4 atom stereocenters. The summed E-state index contributed by atoms with van der Waals surface area (Å²) < 4.78 is 0. The molecular formula is C18H32N8O6. The third-order valence-electron chi connectivity index (χ3n) is 4.83. The van der Waals surface area contributed by atoms with Crippen LogP contribution in [0.4, 0.5) is 0 Å². The van der Waals surface area contributed by atoms with Crippen molar-refractivity contribution in [2.45, 2.75) is 63.2 Å². The number of guanidine groups is 1. The van der Waals surface area contributed by atoms with Crippen LogP contribution in [0.3, 0.4) is 0 Å². The van der Waals surface area contributed by atoms with Crippen LogP contribution in [0.5, 0.6) is 0 Å². The molecule has 1 aliphatic heterocycles. The predicted molar refractivity (Wildman–Crippen MR) is 114 cm³/mol. The highest BCUT2D eigenvalue weighted by atomic mass is 16.4. The Labute approximate surface area is 185 Å². The van der Waals surface area contributed by atoms with Crippen LogP contribution in [0.15, 0.2) is 4.99 Å². The molecule has 11 N–H and O–H groups in total. The molecule has 4 amide bonds. The van der Waals surface area contributed by atoms with E-state index in [0.29, 0.717) is 19.3 Å². The summed E-state index contributed by atoms with van der Waals surface area (Å²) in [5.41, 5.74) is 21.1. The largest absolute Gasteiger partial charge is 0.480 e. The standard InChI is InChI=1S/C18H32N8O6/c1-9(19)14(28)25-11(8-13(20)27)16(30)26-7-3-5-12(26)15(29)24-10(17(31)32)4-2-6-23-18(21)22/h9-12H,2-8,19H2,1H3,(H2,20,27)(H,24,29)(H,25,28)(H,31,32)(H4,21,22,23). The minimum atomic E-state index is -1.28. The summed E-state index contributed by atoms with van der Waals surface area (Å²) in [5, 5.41) is 14.2. The lowest BCUT2D eigenvalue weighted by Gasteiger charge is -2.29. The van der Waals surface area contributed by atoms with Crippen LogP contribution in [0, 0.1) is 0 Å². The average Bonchev–Trinajstić information content (AvgIpc) is 3.18. The van der Waals surface area contributed by atoms with Gasteiger partial charge in [-0.1, -0.05) is 0 Å². The first-order chi connectivity index (χ1) is 14.9. The fourth-order valence-corrected chi connectivity index (χ4v) is 3.24. The number of rotatable bonds is 12. The highest BCUT2D eigenvalue weighted by Gasteiger charge is 2.39. The van der Waals surface area contributed by atoms with Crippen molar-refractivity contribution in [2.24, 2.45) is 27.9 Å². The van der Waals surface area contributed by atoms with Crippen molar-refractivity contribution in [1.82, 2.24) is 15.5 Å². The molecule has 0 radical (unpaired) electrons. The summed E-state index contributed by atoms with van der Waals surface area (Å²) in [6.45, 7) is 1.80. The molecule has 14 nitrogen and oxygen atoms in total. The second-order valence-electron chi connectivity index (χ2n) is 7.56. The third-order valence-corrected chi connectivity index (χ3v) is 4.83. The average molecular weight is 457 g/mol. The zero-order chi connectivity index (χ0) is 24.4. The van der Waals surface area contributed by atoms with Crippen LogP contribution in [0.2, 0.25) is 0 Å². The molecule has 1 rings (SSSR count). The number of carboxylic acid groups (broad SMARTS) is 1. The lowest BCUT2D eigenvalue weighted by molar-refractivity contribution is -0.145. The fourth-order valence-electron chi connectivity index (χ4n) is 3.24.